The normalized spacial score (nSPS) is 11.3. The molecule has 2 aromatic carbocycles. The molecule has 2 rings (SSSR count). The Hall–Kier alpha value is -2.13. The van der Waals surface area contributed by atoms with Crippen LogP contribution in [0.25, 0.3) is 11.8 Å². The minimum absolute atomic E-state index is 0.0536. The predicted octanol–water partition coefficient (Wildman–Crippen LogP) is 4.11. The molecule has 0 aliphatic carbocycles. The van der Waals surface area contributed by atoms with Gasteiger partial charge in [-0.15, -0.1) is 0 Å². The van der Waals surface area contributed by atoms with Gasteiger partial charge in [0, 0.05) is 11.1 Å². The molecule has 0 unspecified atom stereocenters. The van der Waals surface area contributed by atoms with Crippen molar-refractivity contribution in [2.24, 2.45) is 0 Å². The van der Waals surface area contributed by atoms with E-state index in [1.807, 2.05) is 30.3 Å². The maximum absolute atomic E-state index is 11.1. The molecule has 0 aliphatic rings. The van der Waals surface area contributed by atoms with Gasteiger partial charge in [0.2, 0.25) is 0 Å². The molecule has 2 aromatic rings. The minimum atomic E-state index is -0.393. The molecule has 18 heavy (non-hydrogen) atoms. The lowest BCUT2D eigenvalue weighted by atomic mass is 10.1. The van der Waals surface area contributed by atoms with Gasteiger partial charge < -0.3 is 0 Å². The fourth-order valence-corrected chi connectivity index (χ4v) is 1.70. The van der Waals surface area contributed by atoms with Gasteiger partial charge in [0.15, 0.2) is 0 Å². The predicted molar refractivity (Wildman–Crippen MR) is 72.8 cm³/mol. The maximum atomic E-state index is 11.1. The number of benzene rings is 2. The third-order valence-electron chi connectivity index (χ3n) is 2.44. The van der Waals surface area contributed by atoms with Crippen molar-refractivity contribution in [3.05, 3.63) is 80.9 Å². The number of rotatable bonds is 3. The number of hydrogen-bond acceptors (Lipinski definition) is 2. The van der Waals surface area contributed by atoms with Crippen LogP contribution in [0.2, 0.25) is 5.02 Å². The highest BCUT2D eigenvalue weighted by atomic mass is 35.5. The van der Waals surface area contributed by atoms with Crippen molar-refractivity contribution < 1.29 is 4.92 Å². The highest BCUT2D eigenvalue weighted by Gasteiger charge is 2.13. The Balaban J connectivity index is 2.44. The van der Waals surface area contributed by atoms with Gasteiger partial charge in [-0.05, 0) is 29.8 Å². The van der Waals surface area contributed by atoms with Gasteiger partial charge in [0.1, 0.15) is 0 Å². The van der Waals surface area contributed by atoms with Crippen LogP contribution in [0, 0.1) is 10.1 Å². The molecule has 4 heteroatoms. The highest BCUT2D eigenvalue weighted by Crippen LogP contribution is 2.20. The number of nitrogens with zero attached hydrogens (tertiary/aromatic N) is 1. The van der Waals surface area contributed by atoms with Crippen LogP contribution in [-0.2, 0) is 0 Å². The van der Waals surface area contributed by atoms with Crippen molar-refractivity contribution in [1.29, 1.82) is 0 Å². The van der Waals surface area contributed by atoms with Crippen molar-refractivity contribution in [2.75, 3.05) is 0 Å². The van der Waals surface area contributed by atoms with Crippen molar-refractivity contribution in [2.45, 2.75) is 0 Å². The Kier molecular flexibility index (Phi) is 3.75. The highest BCUT2D eigenvalue weighted by molar-refractivity contribution is 6.30. The van der Waals surface area contributed by atoms with Crippen molar-refractivity contribution in [3.8, 4) is 0 Å². The molecular formula is C14H10ClNO2. The van der Waals surface area contributed by atoms with Gasteiger partial charge >= 0.3 is 0 Å². The monoisotopic (exact) mass is 259 g/mol. The Labute approximate surface area is 109 Å². The van der Waals surface area contributed by atoms with Gasteiger partial charge in [-0.2, -0.15) is 0 Å². The standard InChI is InChI=1S/C14H10ClNO2/c15-13-8-6-12(7-9-13)14(16(17)18)10-11-4-2-1-3-5-11/h1-10H. The lowest BCUT2D eigenvalue weighted by Crippen LogP contribution is -1.97. The summed E-state index contributed by atoms with van der Waals surface area (Å²) in [4.78, 5) is 10.7. The summed E-state index contributed by atoms with van der Waals surface area (Å²) in [6.45, 7) is 0. The van der Waals surface area contributed by atoms with Crippen LogP contribution in [0.4, 0.5) is 0 Å². The van der Waals surface area contributed by atoms with Gasteiger partial charge in [-0.25, -0.2) is 0 Å². The first-order valence-corrected chi connectivity index (χ1v) is 5.72. The Morgan fingerprint density at radius 3 is 2.22 bits per heavy atom. The molecule has 0 saturated carbocycles. The van der Waals surface area contributed by atoms with Crippen LogP contribution in [0.1, 0.15) is 11.1 Å². The summed E-state index contributed by atoms with van der Waals surface area (Å²) in [6, 6.07) is 15.7. The second-order valence-corrected chi connectivity index (χ2v) is 4.14. The molecule has 0 fully saturated rings. The summed E-state index contributed by atoms with van der Waals surface area (Å²) in [5, 5.41) is 11.7. The maximum Gasteiger partial charge on any atom is 0.277 e. The second-order valence-electron chi connectivity index (χ2n) is 3.70. The average Bonchev–Trinajstić information content (AvgIpc) is 2.38. The largest absolute Gasteiger partial charge is 0.277 e. The topological polar surface area (TPSA) is 43.1 Å². The zero-order valence-corrected chi connectivity index (χ0v) is 10.2. The van der Waals surface area contributed by atoms with Gasteiger partial charge in [0.05, 0.1) is 10.5 Å². The fraction of sp³-hybridized carbons (Fsp3) is 0. The molecule has 3 nitrogen and oxygen atoms in total. The van der Waals surface area contributed by atoms with E-state index in [0.717, 1.165) is 5.56 Å². The second kappa shape index (κ2) is 5.47. The molecular weight excluding hydrogens is 250 g/mol. The molecule has 0 spiro atoms. The van der Waals surface area contributed by atoms with Crippen molar-refractivity contribution in [3.63, 3.8) is 0 Å². The van der Waals surface area contributed by atoms with Crippen LogP contribution >= 0.6 is 11.6 Å². The van der Waals surface area contributed by atoms with Gasteiger partial charge in [0.25, 0.3) is 5.70 Å². The molecule has 0 amide bonds. The van der Waals surface area contributed by atoms with E-state index in [9.17, 15) is 10.1 Å². The van der Waals surface area contributed by atoms with Crippen LogP contribution in [-0.4, -0.2) is 4.92 Å². The van der Waals surface area contributed by atoms with E-state index in [1.54, 1.807) is 30.3 Å². The molecule has 0 N–H and O–H groups in total. The SMILES string of the molecule is O=[N+]([O-])C(=Cc1ccccc1)c1ccc(Cl)cc1. The van der Waals surface area contributed by atoms with E-state index in [0.29, 0.717) is 10.6 Å². The third kappa shape index (κ3) is 2.96. The lowest BCUT2D eigenvalue weighted by molar-refractivity contribution is -0.374. The summed E-state index contributed by atoms with van der Waals surface area (Å²) >= 11 is 5.77. The number of hydrogen-bond donors (Lipinski definition) is 0. The number of nitro groups is 1. The Bertz CT molecular complexity index is 577. The zero-order valence-electron chi connectivity index (χ0n) is 9.42. The first-order valence-electron chi connectivity index (χ1n) is 5.34. The van der Waals surface area contributed by atoms with E-state index in [4.69, 9.17) is 11.6 Å². The molecule has 0 atom stereocenters. The van der Waals surface area contributed by atoms with Crippen LogP contribution in [0.15, 0.2) is 54.6 Å². The first kappa shape index (κ1) is 12.3. The van der Waals surface area contributed by atoms with Crippen LogP contribution in [0.3, 0.4) is 0 Å². The van der Waals surface area contributed by atoms with Crippen molar-refractivity contribution in [1.82, 2.24) is 0 Å². The summed E-state index contributed by atoms with van der Waals surface area (Å²) in [6.07, 6.45) is 1.54. The van der Waals surface area contributed by atoms with Gasteiger partial charge in [-0.3, -0.25) is 10.1 Å². The summed E-state index contributed by atoms with van der Waals surface area (Å²) in [5.41, 5.74) is 1.38. The van der Waals surface area contributed by atoms with Gasteiger partial charge in [-0.1, -0.05) is 41.9 Å². The van der Waals surface area contributed by atoms with E-state index in [-0.39, 0.29) is 5.70 Å². The Morgan fingerprint density at radius 2 is 1.67 bits per heavy atom. The first-order chi connectivity index (χ1) is 8.66. The van der Waals surface area contributed by atoms with Crippen LogP contribution in [0.5, 0.6) is 0 Å². The Morgan fingerprint density at radius 1 is 1.06 bits per heavy atom. The minimum Gasteiger partial charge on any atom is -0.258 e. The number of halogens is 1. The van der Waals surface area contributed by atoms with Crippen molar-refractivity contribution >= 4 is 23.4 Å². The lowest BCUT2D eigenvalue weighted by Gasteiger charge is -1.99. The van der Waals surface area contributed by atoms with Crippen LogP contribution < -0.4 is 0 Å². The molecule has 0 heterocycles. The average molecular weight is 260 g/mol. The molecule has 0 bridgehead atoms. The summed E-state index contributed by atoms with van der Waals surface area (Å²) in [7, 11) is 0. The van der Waals surface area contributed by atoms with E-state index < -0.39 is 4.92 Å². The smallest absolute Gasteiger partial charge is 0.258 e. The van der Waals surface area contributed by atoms with E-state index in [2.05, 4.69) is 0 Å². The van der Waals surface area contributed by atoms with E-state index >= 15 is 0 Å². The molecule has 0 radical (unpaired) electrons. The molecule has 90 valence electrons. The molecule has 0 aliphatic heterocycles. The molecule has 0 saturated heterocycles. The molecule has 0 aromatic heterocycles. The quantitative estimate of drug-likeness (QED) is 0.473. The fourth-order valence-electron chi connectivity index (χ4n) is 1.57. The third-order valence-corrected chi connectivity index (χ3v) is 2.69. The summed E-state index contributed by atoms with van der Waals surface area (Å²) < 4.78 is 0. The zero-order chi connectivity index (χ0) is 13.0. The van der Waals surface area contributed by atoms with E-state index in [1.165, 1.54) is 0 Å². The summed E-state index contributed by atoms with van der Waals surface area (Å²) in [5.74, 6) is 0.